The van der Waals surface area contributed by atoms with Crippen molar-refractivity contribution >= 4 is 28.8 Å². The SMILES string of the molecule is CC1CC(CN)CN1CC(=O)N(C)Cc1ccc(Cl)s1. The van der Waals surface area contributed by atoms with Gasteiger partial charge in [-0.3, -0.25) is 9.69 Å². The number of nitrogens with zero attached hydrogens (tertiary/aromatic N) is 2. The Hall–Kier alpha value is -0.620. The molecule has 0 spiro atoms. The second-order valence-electron chi connectivity index (χ2n) is 5.57. The standard InChI is InChI=1S/C14H22ClN3OS/c1-10-5-11(6-16)7-18(10)9-14(19)17(2)8-12-3-4-13(15)20-12/h3-4,10-11H,5-9,16H2,1-2H3. The van der Waals surface area contributed by atoms with Gasteiger partial charge in [0, 0.05) is 24.5 Å². The molecule has 0 aliphatic carbocycles. The zero-order chi connectivity index (χ0) is 14.7. The molecule has 1 saturated heterocycles. The lowest BCUT2D eigenvalue weighted by atomic mass is 10.1. The summed E-state index contributed by atoms with van der Waals surface area (Å²) in [5.74, 6) is 0.679. The summed E-state index contributed by atoms with van der Waals surface area (Å²) < 4.78 is 0.764. The Labute approximate surface area is 129 Å². The average Bonchev–Trinajstić information content (AvgIpc) is 2.96. The van der Waals surface area contributed by atoms with E-state index in [4.69, 9.17) is 17.3 Å². The van der Waals surface area contributed by atoms with E-state index >= 15 is 0 Å². The number of halogens is 1. The van der Waals surface area contributed by atoms with Crippen molar-refractivity contribution in [2.45, 2.75) is 25.9 Å². The second-order valence-corrected chi connectivity index (χ2v) is 7.37. The minimum atomic E-state index is 0.152. The lowest BCUT2D eigenvalue weighted by molar-refractivity contribution is -0.131. The number of thiophene rings is 1. The van der Waals surface area contributed by atoms with Gasteiger partial charge in [-0.15, -0.1) is 11.3 Å². The Kier molecular flexibility index (Phi) is 5.43. The van der Waals surface area contributed by atoms with E-state index in [0.717, 1.165) is 22.2 Å². The van der Waals surface area contributed by atoms with E-state index in [1.54, 1.807) is 4.90 Å². The predicted molar refractivity (Wildman–Crippen MR) is 84.0 cm³/mol. The fraction of sp³-hybridized carbons (Fsp3) is 0.643. The number of carbonyl (C=O) groups is 1. The van der Waals surface area contributed by atoms with Crippen molar-refractivity contribution in [1.29, 1.82) is 0 Å². The summed E-state index contributed by atoms with van der Waals surface area (Å²) >= 11 is 7.43. The molecule has 1 amide bonds. The van der Waals surface area contributed by atoms with Gasteiger partial charge < -0.3 is 10.6 Å². The van der Waals surface area contributed by atoms with E-state index in [2.05, 4.69) is 11.8 Å². The van der Waals surface area contributed by atoms with Crippen molar-refractivity contribution in [2.75, 3.05) is 26.7 Å². The third-order valence-electron chi connectivity index (χ3n) is 3.91. The van der Waals surface area contributed by atoms with Crippen LogP contribution in [0.4, 0.5) is 0 Å². The molecule has 2 unspecified atom stereocenters. The fourth-order valence-electron chi connectivity index (χ4n) is 2.66. The summed E-state index contributed by atoms with van der Waals surface area (Å²) in [6.45, 7) is 4.91. The molecule has 1 fully saturated rings. The van der Waals surface area contributed by atoms with Crippen LogP contribution in [0.25, 0.3) is 0 Å². The van der Waals surface area contributed by atoms with Crippen LogP contribution in [0.1, 0.15) is 18.2 Å². The number of hydrogen-bond acceptors (Lipinski definition) is 4. The summed E-state index contributed by atoms with van der Waals surface area (Å²) in [4.78, 5) is 17.4. The molecule has 2 N–H and O–H groups in total. The molecule has 0 radical (unpaired) electrons. The van der Waals surface area contributed by atoms with Gasteiger partial charge in [0.05, 0.1) is 17.4 Å². The van der Waals surface area contributed by atoms with Gasteiger partial charge >= 0.3 is 0 Å². The molecular formula is C14H22ClN3OS. The summed E-state index contributed by atoms with van der Waals surface area (Å²) in [6.07, 6.45) is 1.09. The highest BCUT2D eigenvalue weighted by molar-refractivity contribution is 7.16. The van der Waals surface area contributed by atoms with Crippen LogP contribution in [-0.4, -0.2) is 48.4 Å². The van der Waals surface area contributed by atoms with Crippen LogP contribution in [0, 0.1) is 5.92 Å². The zero-order valence-corrected chi connectivity index (χ0v) is 13.6. The number of likely N-dealkylation sites (N-methyl/N-ethyl adjacent to an activating group) is 1. The second kappa shape index (κ2) is 6.89. The van der Waals surface area contributed by atoms with Gasteiger partial charge in [-0.05, 0) is 37.9 Å². The van der Waals surface area contributed by atoms with Crippen LogP contribution in [0.15, 0.2) is 12.1 Å². The molecule has 0 bridgehead atoms. The van der Waals surface area contributed by atoms with E-state index in [0.29, 0.717) is 31.6 Å². The highest BCUT2D eigenvalue weighted by Gasteiger charge is 2.29. The fourth-order valence-corrected chi connectivity index (χ4v) is 3.80. The Bertz CT molecular complexity index is 465. The van der Waals surface area contributed by atoms with Crippen molar-refractivity contribution in [1.82, 2.24) is 9.80 Å². The predicted octanol–water partition coefficient (Wildman–Crippen LogP) is 2.03. The minimum absolute atomic E-state index is 0.152. The quantitative estimate of drug-likeness (QED) is 0.904. The smallest absolute Gasteiger partial charge is 0.236 e. The summed E-state index contributed by atoms with van der Waals surface area (Å²) in [5, 5.41) is 0. The van der Waals surface area contributed by atoms with Crippen molar-refractivity contribution in [3.63, 3.8) is 0 Å². The maximum atomic E-state index is 12.3. The Morgan fingerprint density at radius 2 is 2.35 bits per heavy atom. The molecule has 1 aliphatic heterocycles. The molecular weight excluding hydrogens is 294 g/mol. The Morgan fingerprint density at radius 1 is 1.60 bits per heavy atom. The van der Waals surface area contributed by atoms with Crippen LogP contribution in [0.2, 0.25) is 4.34 Å². The van der Waals surface area contributed by atoms with Crippen LogP contribution in [0.3, 0.4) is 0 Å². The number of amides is 1. The van der Waals surface area contributed by atoms with Gasteiger partial charge in [-0.25, -0.2) is 0 Å². The number of hydrogen-bond donors (Lipinski definition) is 1. The highest BCUT2D eigenvalue weighted by Crippen LogP contribution is 2.24. The summed E-state index contributed by atoms with van der Waals surface area (Å²) in [7, 11) is 1.84. The van der Waals surface area contributed by atoms with Crippen LogP contribution in [-0.2, 0) is 11.3 Å². The Balaban J connectivity index is 1.85. The van der Waals surface area contributed by atoms with Crippen LogP contribution in [0.5, 0.6) is 0 Å². The van der Waals surface area contributed by atoms with Crippen LogP contribution < -0.4 is 5.73 Å². The summed E-state index contributed by atoms with van der Waals surface area (Å²) in [5.41, 5.74) is 5.72. The number of nitrogens with two attached hydrogens (primary N) is 1. The molecule has 4 nitrogen and oxygen atoms in total. The highest BCUT2D eigenvalue weighted by atomic mass is 35.5. The maximum Gasteiger partial charge on any atom is 0.236 e. The van der Waals surface area contributed by atoms with E-state index in [9.17, 15) is 4.79 Å². The van der Waals surface area contributed by atoms with E-state index in [1.165, 1.54) is 11.3 Å². The van der Waals surface area contributed by atoms with E-state index in [-0.39, 0.29) is 5.91 Å². The van der Waals surface area contributed by atoms with Gasteiger partial charge in [-0.1, -0.05) is 11.6 Å². The van der Waals surface area contributed by atoms with Gasteiger partial charge in [0.25, 0.3) is 0 Å². The van der Waals surface area contributed by atoms with E-state index in [1.807, 2.05) is 19.2 Å². The Morgan fingerprint density at radius 3 is 2.90 bits per heavy atom. The molecule has 1 aromatic rings. The first-order chi connectivity index (χ1) is 9.49. The topological polar surface area (TPSA) is 49.6 Å². The number of carbonyl (C=O) groups excluding carboxylic acids is 1. The number of likely N-dealkylation sites (tertiary alicyclic amines) is 1. The molecule has 2 heterocycles. The molecule has 6 heteroatoms. The lowest BCUT2D eigenvalue weighted by Gasteiger charge is -2.24. The van der Waals surface area contributed by atoms with Crippen LogP contribution >= 0.6 is 22.9 Å². The van der Waals surface area contributed by atoms with Gasteiger partial charge in [-0.2, -0.15) is 0 Å². The normalized spacial score (nSPS) is 23.2. The van der Waals surface area contributed by atoms with Gasteiger partial charge in [0.1, 0.15) is 0 Å². The molecule has 2 rings (SSSR count). The molecule has 1 aliphatic rings. The molecule has 0 aromatic carbocycles. The van der Waals surface area contributed by atoms with Gasteiger partial charge in [0.2, 0.25) is 5.91 Å². The number of rotatable bonds is 5. The first-order valence-corrected chi connectivity index (χ1v) is 8.11. The maximum absolute atomic E-state index is 12.3. The summed E-state index contributed by atoms with van der Waals surface area (Å²) in [6, 6.07) is 4.28. The van der Waals surface area contributed by atoms with Crippen molar-refractivity contribution in [3.8, 4) is 0 Å². The molecule has 2 atom stereocenters. The first-order valence-electron chi connectivity index (χ1n) is 6.92. The molecule has 1 aromatic heterocycles. The third-order valence-corrected chi connectivity index (χ3v) is 5.13. The van der Waals surface area contributed by atoms with Gasteiger partial charge in [0.15, 0.2) is 0 Å². The van der Waals surface area contributed by atoms with E-state index < -0.39 is 0 Å². The molecule has 112 valence electrons. The average molecular weight is 316 g/mol. The van der Waals surface area contributed by atoms with Crippen molar-refractivity contribution in [2.24, 2.45) is 11.7 Å². The lowest BCUT2D eigenvalue weighted by Crippen LogP contribution is -2.39. The largest absolute Gasteiger partial charge is 0.340 e. The van der Waals surface area contributed by atoms with Crippen molar-refractivity contribution in [3.05, 3.63) is 21.3 Å². The first kappa shape index (κ1) is 15.8. The molecule has 0 saturated carbocycles. The third kappa shape index (κ3) is 3.95. The van der Waals surface area contributed by atoms with Crippen molar-refractivity contribution < 1.29 is 4.79 Å². The molecule has 20 heavy (non-hydrogen) atoms. The monoisotopic (exact) mass is 315 g/mol. The minimum Gasteiger partial charge on any atom is -0.340 e. The zero-order valence-electron chi connectivity index (χ0n) is 12.0.